The van der Waals surface area contributed by atoms with Crippen molar-refractivity contribution in [3.63, 3.8) is 0 Å². The van der Waals surface area contributed by atoms with Gasteiger partial charge in [-0.05, 0) is 54.2 Å². The van der Waals surface area contributed by atoms with Crippen LogP contribution in [0, 0.1) is 5.92 Å². The number of nitrogens with one attached hydrogen (secondary N) is 2. The molecule has 0 saturated heterocycles. The van der Waals surface area contributed by atoms with Crippen LogP contribution in [0.2, 0.25) is 0 Å². The van der Waals surface area contributed by atoms with Crippen LogP contribution in [0.15, 0.2) is 84.9 Å². The van der Waals surface area contributed by atoms with Gasteiger partial charge in [0.25, 0.3) is 5.91 Å². The number of rotatable bonds is 6. The number of carbonyl (C=O) groups excluding carboxylic acids is 1. The molecule has 0 radical (unpaired) electrons. The first-order chi connectivity index (χ1) is 15.7. The largest absolute Gasteiger partial charge is 0.489 e. The van der Waals surface area contributed by atoms with Crippen LogP contribution in [0.4, 0.5) is 5.69 Å². The first-order valence-corrected chi connectivity index (χ1v) is 11.4. The minimum Gasteiger partial charge on any atom is -0.489 e. The van der Waals surface area contributed by atoms with E-state index in [0.717, 1.165) is 29.0 Å². The highest BCUT2D eigenvalue weighted by Crippen LogP contribution is 2.50. The van der Waals surface area contributed by atoms with Crippen molar-refractivity contribution in [1.82, 2.24) is 5.32 Å². The van der Waals surface area contributed by atoms with Gasteiger partial charge < -0.3 is 15.4 Å². The van der Waals surface area contributed by atoms with E-state index in [-0.39, 0.29) is 11.9 Å². The molecule has 1 amide bonds. The zero-order valence-electron chi connectivity index (χ0n) is 18.3. The third-order valence-corrected chi connectivity index (χ3v) is 6.47. The molecule has 1 aliphatic carbocycles. The summed E-state index contributed by atoms with van der Waals surface area (Å²) in [6, 6.07) is 24.8. The lowest BCUT2D eigenvalue weighted by Crippen LogP contribution is -2.32. The van der Waals surface area contributed by atoms with E-state index >= 15 is 0 Å². The number of fused-ring (bicyclic) bond motifs is 3. The Morgan fingerprint density at radius 3 is 2.62 bits per heavy atom. The van der Waals surface area contributed by atoms with Gasteiger partial charge >= 0.3 is 0 Å². The number of amides is 1. The van der Waals surface area contributed by atoms with Crippen molar-refractivity contribution < 1.29 is 9.53 Å². The summed E-state index contributed by atoms with van der Waals surface area (Å²) < 4.78 is 5.97. The zero-order chi connectivity index (χ0) is 21.9. The molecule has 4 nitrogen and oxygen atoms in total. The molecule has 4 heteroatoms. The van der Waals surface area contributed by atoms with Crippen LogP contribution in [-0.4, -0.2) is 12.5 Å². The Bertz CT molecular complexity index is 1120. The van der Waals surface area contributed by atoms with Crippen molar-refractivity contribution in [1.29, 1.82) is 0 Å². The van der Waals surface area contributed by atoms with Crippen LogP contribution in [0.25, 0.3) is 0 Å². The molecule has 3 atom stereocenters. The summed E-state index contributed by atoms with van der Waals surface area (Å²) in [7, 11) is 0. The van der Waals surface area contributed by atoms with Crippen LogP contribution in [-0.2, 0) is 6.61 Å². The van der Waals surface area contributed by atoms with Crippen LogP contribution in [0.1, 0.15) is 52.4 Å². The van der Waals surface area contributed by atoms with Gasteiger partial charge in [-0.2, -0.15) is 0 Å². The third-order valence-electron chi connectivity index (χ3n) is 6.47. The number of hydrogen-bond acceptors (Lipinski definition) is 3. The molecule has 1 heterocycles. The first-order valence-electron chi connectivity index (χ1n) is 11.4. The summed E-state index contributed by atoms with van der Waals surface area (Å²) in [6.07, 6.45) is 5.60. The number of para-hydroxylation sites is 1. The van der Waals surface area contributed by atoms with Crippen molar-refractivity contribution in [2.24, 2.45) is 5.92 Å². The Hall–Kier alpha value is -3.53. The maximum absolute atomic E-state index is 12.7. The number of anilines is 1. The summed E-state index contributed by atoms with van der Waals surface area (Å²) in [5.74, 6) is 1.58. The fourth-order valence-electron chi connectivity index (χ4n) is 4.91. The second kappa shape index (κ2) is 8.91. The van der Waals surface area contributed by atoms with Gasteiger partial charge in [-0.15, -0.1) is 0 Å². The molecular formula is C28H28N2O2. The van der Waals surface area contributed by atoms with E-state index in [1.165, 1.54) is 11.1 Å². The number of hydrogen-bond donors (Lipinski definition) is 2. The minimum atomic E-state index is -0.0271. The minimum absolute atomic E-state index is 0.0271. The predicted molar refractivity (Wildman–Crippen MR) is 128 cm³/mol. The maximum Gasteiger partial charge on any atom is 0.253 e. The van der Waals surface area contributed by atoms with Crippen LogP contribution >= 0.6 is 0 Å². The molecule has 0 fully saturated rings. The van der Waals surface area contributed by atoms with Crippen molar-refractivity contribution in [2.75, 3.05) is 11.9 Å². The molecule has 0 spiro atoms. The number of ether oxygens (including phenoxy) is 1. The standard InChI is InChI=1S/C28H28N2O2/c1-2-29-28(31)25-13-7-12-24-22-10-6-11-23(22)26(30-27(24)25)20-14-16-21(17-15-20)32-18-19-8-4-3-5-9-19/h3-10,12-17,22-23,26,30H,2,11,18H2,1H3,(H,29,31). The van der Waals surface area contributed by atoms with Gasteiger partial charge in [0.15, 0.2) is 0 Å². The lowest BCUT2D eigenvalue weighted by molar-refractivity contribution is 0.0956. The lowest BCUT2D eigenvalue weighted by atomic mass is 9.76. The van der Waals surface area contributed by atoms with Crippen molar-refractivity contribution in [2.45, 2.75) is 31.9 Å². The van der Waals surface area contributed by atoms with E-state index in [0.29, 0.717) is 25.0 Å². The molecule has 3 aromatic rings. The normalized spacial score (nSPS) is 20.7. The fraction of sp³-hybridized carbons (Fsp3) is 0.250. The summed E-state index contributed by atoms with van der Waals surface area (Å²) in [5.41, 5.74) is 5.26. The monoisotopic (exact) mass is 424 g/mol. The predicted octanol–water partition coefficient (Wildman–Crippen LogP) is 5.84. The number of allylic oxidation sites excluding steroid dienone is 2. The van der Waals surface area contributed by atoms with E-state index in [1.807, 2.05) is 49.4 Å². The molecule has 2 aliphatic rings. The van der Waals surface area contributed by atoms with Gasteiger partial charge in [0, 0.05) is 12.5 Å². The maximum atomic E-state index is 12.7. The van der Waals surface area contributed by atoms with Crippen LogP contribution < -0.4 is 15.4 Å². The van der Waals surface area contributed by atoms with Gasteiger partial charge in [0.1, 0.15) is 12.4 Å². The summed E-state index contributed by atoms with van der Waals surface area (Å²) >= 11 is 0. The van der Waals surface area contributed by atoms with Gasteiger partial charge in [0.2, 0.25) is 0 Å². The SMILES string of the molecule is CCNC(=O)c1cccc2c1NC(c1ccc(OCc3ccccc3)cc1)C1CC=CC21. The van der Waals surface area contributed by atoms with Gasteiger partial charge in [-0.25, -0.2) is 0 Å². The molecule has 0 bridgehead atoms. The van der Waals surface area contributed by atoms with E-state index < -0.39 is 0 Å². The zero-order valence-corrected chi connectivity index (χ0v) is 18.3. The van der Waals surface area contributed by atoms with E-state index in [4.69, 9.17) is 4.74 Å². The molecule has 0 aromatic heterocycles. The average molecular weight is 425 g/mol. The van der Waals surface area contributed by atoms with Crippen LogP contribution in [0.5, 0.6) is 5.75 Å². The molecule has 1 aliphatic heterocycles. The molecule has 5 rings (SSSR count). The summed E-state index contributed by atoms with van der Waals surface area (Å²) in [5, 5.41) is 6.68. The fourth-order valence-corrected chi connectivity index (χ4v) is 4.91. The topological polar surface area (TPSA) is 50.4 Å². The quantitative estimate of drug-likeness (QED) is 0.489. The second-order valence-corrected chi connectivity index (χ2v) is 8.45. The molecule has 3 aromatic carbocycles. The van der Waals surface area contributed by atoms with E-state index in [2.05, 4.69) is 53.1 Å². The van der Waals surface area contributed by atoms with Crippen molar-refractivity contribution in [3.05, 3.63) is 107 Å². The lowest BCUT2D eigenvalue weighted by Gasteiger charge is -2.38. The molecule has 162 valence electrons. The Kier molecular flexibility index (Phi) is 5.68. The third kappa shape index (κ3) is 3.89. The second-order valence-electron chi connectivity index (χ2n) is 8.45. The van der Waals surface area contributed by atoms with Gasteiger partial charge in [-0.1, -0.05) is 66.7 Å². The molecule has 3 unspecified atom stereocenters. The highest BCUT2D eigenvalue weighted by molar-refractivity contribution is 6.00. The van der Waals surface area contributed by atoms with E-state index in [9.17, 15) is 4.79 Å². The van der Waals surface area contributed by atoms with Crippen molar-refractivity contribution in [3.8, 4) is 5.75 Å². The molecule has 32 heavy (non-hydrogen) atoms. The Labute approximate surface area is 189 Å². The Morgan fingerprint density at radius 2 is 1.84 bits per heavy atom. The van der Waals surface area contributed by atoms with Gasteiger partial charge in [0.05, 0.1) is 17.3 Å². The summed E-state index contributed by atoms with van der Waals surface area (Å²) in [6.45, 7) is 3.11. The van der Waals surface area contributed by atoms with Crippen molar-refractivity contribution >= 4 is 11.6 Å². The summed E-state index contributed by atoms with van der Waals surface area (Å²) in [4.78, 5) is 12.7. The Morgan fingerprint density at radius 1 is 1.03 bits per heavy atom. The first kappa shape index (κ1) is 20.4. The Balaban J connectivity index is 1.39. The smallest absolute Gasteiger partial charge is 0.253 e. The average Bonchev–Trinajstić information content (AvgIpc) is 3.33. The molecule has 2 N–H and O–H groups in total. The highest BCUT2D eigenvalue weighted by atomic mass is 16.5. The van der Waals surface area contributed by atoms with Gasteiger partial charge in [-0.3, -0.25) is 4.79 Å². The van der Waals surface area contributed by atoms with Crippen LogP contribution in [0.3, 0.4) is 0 Å². The number of carbonyl (C=O) groups is 1. The highest BCUT2D eigenvalue weighted by Gasteiger charge is 2.39. The number of benzene rings is 3. The van der Waals surface area contributed by atoms with E-state index in [1.54, 1.807) is 0 Å². The molecular weight excluding hydrogens is 396 g/mol. The molecule has 0 saturated carbocycles.